The third-order valence-corrected chi connectivity index (χ3v) is 4.06. The second kappa shape index (κ2) is 5.07. The summed E-state index contributed by atoms with van der Waals surface area (Å²) in [6.07, 6.45) is -0.263. The fourth-order valence-electron chi connectivity index (χ4n) is 1.46. The maximum absolute atomic E-state index is 11.7. The Hall–Kier alpha value is -0.420. The van der Waals surface area contributed by atoms with Gasteiger partial charge in [-0.3, -0.25) is 14.7 Å². The molecule has 0 radical (unpaired) electrons. The number of hydrogen-bond acceptors (Lipinski definition) is 5. The van der Waals surface area contributed by atoms with Crippen molar-refractivity contribution in [3.8, 4) is 0 Å². The second-order valence-corrected chi connectivity index (χ2v) is 6.31. The van der Waals surface area contributed by atoms with Gasteiger partial charge in [-0.05, 0) is 13.3 Å². The first kappa shape index (κ1) is 12.6. The van der Waals surface area contributed by atoms with Gasteiger partial charge in [0.1, 0.15) is 0 Å². The molecule has 0 bridgehead atoms. The van der Waals surface area contributed by atoms with E-state index < -0.39 is 19.8 Å². The van der Waals surface area contributed by atoms with Crippen molar-refractivity contribution in [1.82, 2.24) is 10.6 Å². The molecule has 1 saturated heterocycles. The van der Waals surface area contributed by atoms with Crippen LogP contribution in [0.2, 0.25) is 0 Å². The fraction of sp³-hybridized carbons (Fsp3) is 0.875. The molecule has 0 spiro atoms. The number of carbonyl (C=O) groups is 1. The first-order valence-corrected chi connectivity index (χ1v) is 7.16. The molecule has 88 valence electrons. The third-order valence-electron chi connectivity index (χ3n) is 2.18. The minimum Gasteiger partial charge on any atom is -0.361 e. The van der Waals surface area contributed by atoms with Gasteiger partial charge in [-0.15, -0.1) is 0 Å². The van der Waals surface area contributed by atoms with Crippen LogP contribution in [0.4, 0.5) is 0 Å². The van der Waals surface area contributed by atoms with Gasteiger partial charge < -0.3 is 14.9 Å². The lowest BCUT2D eigenvalue weighted by Gasteiger charge is -2.14. The summed E-state index contributed by atoms with van der Waals surface area (Å²) < 4.78 is 16.8. The summed E-state index contributed by atoms with van der Waals surface area (Å²) in [6.45, 7) is 3.74. The average molecular weight is 236 g/mol. The zero-order valence-electron chi connectivity index (χ0n) is 8.90. The number of nitrogens with one attached hydrogen (secondary N) is 2. The summed E-state index contributed by atoms with van der Waals surface area (Å²) in [5, 5.41) is 14.0. The Bertz CT molecular complexity index is 284. The number of amides is 1. The smallest absolute Gasteiger partial charge is 0.240 e. The second-order valence-electron chi connectivity index (χ2n) is 3.57. The van der Waals surface area contributed by atoms with E-state index in [1.54, 1.807) is 13.6 Å². The predicted molar refractivity (Wildman–Crippen MR) is 55.7 cm³/mol. The average Bonchev–Trinajstić information content (AvgIpc) is 2.42. The molecule has 1 rings (SSSR count). The summed E-state index contributed by atoms with van der Waals surface area (Å²) in [6, 6.07) is -0.478. The van der Waals surface area contributed by atoms with Crippen LogP contribution in [-0.2, 0) is 13.9 Å². The van der Waals surface area contributed by atoms with E-state index in [4.69, 9.17) is 9.63 Å². The van der Waals surface area contributed by atoms with Crippen molar-refractivity contribution < 1.29 is 19.0 Å². The molecule has 1 amide bonds. The molecule has 1 aliphatic heterocycles. The molecule has 15 heavy (non-hydrogen) atoms. The monoisotopic (exact) mass is 236 g/mol. The molecular formula is C8H17N2O4P. The summed E-state index contributed by atoms with van der Waals surface area (Å²) in [4.78, 5) is 11.2. The van der Waals surface area contributed by atoms with E-state index >= 15 is 0 Å². The van der Waals surface area contributed by atoms with Crippen LogP contribution in [0.25, 0.3) is 0 Å². The molecule has 0 aromatic carbocycles. The Morgan fingerprint density at radius 3 is 2.73 bits per heavy atom. The van der Waals surface area contributed by atoms with E-state index in [0.717, 1.165) is 0 Å². The van der Waals surface area contributed by atoms with Gasteiger partial charge in [-0.25, -0.2) is 0 Å². The zero-order valence-corrected chi connectivity index (χ0v) is 9.79. The van der Waals surface area contributed by atoms with Gasteiger partial charge in [-0.1, -0.05) is 0 Å². The molecule has 6 nitrogen and oxygen atoms in total. The molecule has 0 aromatic rings. The van der Waals surface area contributed by atoms with Crippen molar-refractivity contribution in [1.29, 1.82) is 0 Å². The molecule has 0 saturated carbocycles. The minimum absolute atomic E-state index is 0.265. The van der Waals surface area contributed by atoms with Crippen molar-refractivity contribution in [3.05, 3.63) is 0 Å². The van der Waals surface area contributed by atoms with Crippen LogP contribution in [-0.4, -0.2) is 42.8 Å². The lowest BCUT2D eigenvalue weighted by molar-refractivity contribution is -0.121. The summed E-state index contributed by atoms with van der Waals surface area (Å²) in [5.41, 5.74) is 0. The van der Waals surface area contributed by atoms with E-state index in [2.05, 4.69) is 10.6 Å². The van der Waals surface area contributed by atoms with Crippen molar-refractivity contribution >= 4 is 13.3 Å². The highest BCUT2D eigenvalue weighted by atomic mass is 31.2. The van der Waals surface area contributed by atoms with Crippen LogP contribution >= 0.6 is 7.37 Å². The lowest BCUT2D eigenvalue weighted by atomic mass is 10.2. The van der Waals surface area contributed by atoms with Gasteiger partial charge in [0.2, 0.25) is 5.91 Å². The van der Waals surface area contributed by atoms with Gasteiger partial charge in [0.05, 0.1) is 12.6 Å². The molecule has 1 aliphatic rings. The number of rotatable bonds is 5. The Kier molecular flexibility index (Phi) is 4.28. The predicted octanol–water partition coefficient (Wildman–Crippen LogP) is -0.315. The van der Waals surface area contributed by atoms with Crippen molar-refractivity contribution in [3.63, 3.8) is 0 Å². The van der Waals surface area contributed by atoms with Crippen LogP contribution in [0.15, 0.2) is 0 Å². The lowest BCUT2D eigenvalue weighted by Crippen LogP contribution is -2.33. The highest BCUT2D eigenvalue weighted by Crippen LogP contribution is 2.43. The SMILES string of the molecule is CCOP(C)(=O)CCC1NC(O)NC1=O. The van der Waals surface area contributed by atoms with Crippen LogP contribution in [0.3, 0.4) is 0 Å². The Balaban J connectivity index is 2.37. The highest BCUT2D eigenvalue weighted by molar-refractivity contribution is 7.58. The van der Waals surface area contributed by atoms with Crippen LogP contribution in [0.1, 0.15) is 13.3 Å². The Morgan fingerprint density at radius 1 is 1.60 bits per heavy atom. The maximum atomic E-state index is 11.7. The van der Waals surface area contributed by atoms with Crippen LogP contribution < -0.4 is 10.6 Å². The first-order valence-electron chi connectivity index (χ1n) is 4.90. The summed E-state index contributed by atoms with van der Waals surface area (Å²) in [5.74, 6) is -0.265. The van der Waals surface area contributed by atoms with Crippen molar-refractivity contribution in [2.45, 2.75) is 25.7 Å². The number of carbonyl (C=O) groups excluding carboxylic acids is 1. The number of aliphatic hydroxyl groups is 1. The van der Waals surface area contributed by atoms with E-state index in [-0.39, 0.29) is 5.91 Å². The molecule has 3 unspecified atom stereocenters. The normalized spacial score (nSPS) is 29.9. The molecule has 3 atom stereocenters. The van der Waals surface area contributed by atoms with Gasteiger partial charge in [0, 0.05) is 12.8 Å². The largest absolute Gasteiger partial charge is 0.361 e. The molecule has 1 heterocycles. The van der Waals surface area contributed by atoms with Crippen molar-refractivity contribution in [2.75, 3.05) is 19.4 Å². The molecule has 3 N–H and O–H groups in total. The van der Waals surface area contributed by atoms with Gasteiger partial charge in [0.15, 0.2) is 13.7 Å². The fourth-order valence-corrected chi connectivity index (χ4v) is 2.86. The topological polar surface area (TPSA) is 87.7 Å². The zero-order chi connectivity index (χ0) is 11.5. The number of aliphatic hydroxyl groups excluding tert-OH is 1. The minimum atomic E-state index is -2.59. The molecule has 7 heteroatoms. The molecule has 0 aliphatic carbocycles. The van der Waals surface area contributed by atoms with E-state index in [1.807, 2.05) is 0 Å². The van der Waals surface area contributed by atoms with Gasteiger partial charge in [0.25, 0.3) is 0 Å². The summed E-state index contributed by atoms with van der Waals surface area (Å²) >= 11 is 0. The first-order chi connectivity index (χ1) is 6.94. The van der Waals surface area contributed by atoms with Crippen LogP contribution in [0, 0.1) is 0 Å². The quantitative estimate of drug-likeness (QED) is 0.570. The van der Waals surface area contributed by atoms with E-state index in [9.17, 15) is 9.36 Å². The Morgan fingerprint density at radius 2 is 2.27 bits per heavy atom. The highest BCUT2D eigenvalue weighted by Gasteiger charge is 2.31. The van der Waals surface area contributed by atoms with E-state index in [1.165, 1.54) is 0 Å². The standard InChI is InChI=1S/C8H17N2O4P/c1-3-14-15(2,13)5-4-6-7(11)10-8(12)9-6/h6,8-9,12H,3-5H2,1-2H3,(H,10,11). The van der Waals surface area contributed by atoms with E-state index in [0.29, 0.717) is 19.2 Å². The molecule has 0 aromatic heterocycles. The van der Waals surface area contributed by atoms with Crippen molar-refractivity contribution in [2.24, 2.45) is 0 Å². The third kappa shape index (κ3) is 3.91. The van der Waals surface area contributed by atoms with Crippen LogP contribution in [0.5, 0.6) is 0 Å². The maximum Gasteiger partial charge on any atom is 0.240 e. The number of hydrogen-bond donors (Lipinski definition) is 3. The van der Waals surface area contributed by atoms with Gasteiger partial charge in [-0.2, -0.15) is 0 Å². The summed E-state index contributed by atoms with van der Waals surface area (Å²) in [7, 11) is -2.59. The molecular weight excluding hydrogens is 219 g/mol. The Labute approximate surface area is 88.8 Å². The van der Waals surface area contributed by atoms with Gasteiger partial charge >= 0.3 is 0 Å². The molecule has 1 fully saturated rings.